The molecule has 0 radical (unpaired) electrons. The fraction of sp³-hybridized carbons (Fsp3) is 0.375. The Labute approximate surface area is 117 Å². The zero-order valence-electron chi connectivity index (χ0n) is 11.2. The Balaban J connectivity index is 1.83. The Morgan fingerprint density at radius 2 is 2.00 bits per heavy atom. The molecule has 1 saturated carbocycles. The fourth-order valence-electron chi connectivity index (χ4n) is 3.32. The molecule has 1 fully saturated rings. The SMILES string of the molecule is CC(=O)O[C@@H]1[C@@H]2C=C[C@H]1C[C@H]2C(=O)c1ccccc1O. The lowest BCUT2D eigenvalue weighted by Gasteiger charge is -2.19. The van der Waals surface area contributed by atoms with Crippen LogP contribution in [0.2, 0.25) is 0 Å². The number of carbonyl (C=O) groups is 2. The van der Waals surface area contributed by atoms with E-state index >= 15 is 0 Å². The minimum atomic E-state index is -0.315. The van der Waals surface area contributed by atoms with Gasteiger partial charge < -0.3 is 9.84 Å². The second kappa shape index (κ2) is 4.78. The summed E-state index contributed by atoms with van der Waals surface area (Å²) in [7, 11) is 0. The molecular weight excluding hydrogens is 256 g/mol. The number of hydrogen-bond donors (Lipinski definition) is 1. The molecular formula is C16H16O4. The molecule has 20 heavy (non-hydrogen) atoms. The van der Waals surface area contributed by atoms with Crippen molar-refractivity contribution in [2.75, 3.05) is 0 Å². The van der Waals surface area contributed by atoms with Crippen LogP contribution < -0.4 is 0 Å². The molecule has 0 unspecified atom stereocenters. The minimum Gasteiger partial charge on any atom is -0.507 e. The predicted molar refractivity (Wildman–Crippen MR) is 72.2 cm³/mol. The van der Waals surface area contributed by atoms with Gasteiger partial charge >= 0.3 is 5.97 Å². The van der Waals surface area contributed by atoms with Gasteiger partial charge in [0.05, 0.1) is 5.56 Å². The number of rotatable bonds is 3. The van der Waals surface area contributed by atoms with Gasteiger partial charge in [0.1, 0.15) is 11.9 Å². The third kappa shape index (κ3) is 2.01. The molecule has 4 atom stereocenters. The molecule has 104 valence electrons. The summed E-state index contributed by atoms with van der Waals surface area (Å²) >= 11 is 0. The maximum Gasteiger partial charge on any atom is 0.302 e. The zero-order chi connectivity index (χ0) is 14.3. The van der Waals surface area contributed by atoms with E-state index in [0.717, 1.165) is 0 Å². The number of hydrogen-bond acceptors (Lipinski definition) is 4. The van der Waals surface area contributed by atoms with Crippen LogP contribution in [0, 0.1) is 17.8 Å². The van der Waals surface area contributed by atoms with Gasteiger partial charge in [-0.25, -0.2) is 0 Å². The Kier molecular flexibility index (Phi) is 3.08. The molecule has 1 aromatic carbocycles. The number of benzene rings is 1. The van der Waals surface area contributed by atoms with Crippen LogP contribution in [0.1, 0.15) is 23.7 Å². The van der Waals surface area contributed by atoms with Crippen LogP contribution in [0.3, 0.4) is 0 Å². The van der Waals surface area contributed by atoms with E-state index in [1.54, 1.807) is 18.2 Å². The number of ketones is 1. The smallest absolute Gasteiger partial charge is 0.302 e. The topological polar surface area (TPSA) is 63.6 Å². The number of para-hydroxylation sites is 1. The summed E-state index contributed by atoms with van der Waals surface area (Å²) < 4.78 is 5.33. The van der Waals surface area contributed by atoms with E-state index in [1.165, 1.54) is 13.0 Å². The number of Topliss-reactive ketones (excluding diaryl/α,β-unsaturated/α-hetero) is 1. The Bertz CT molecular complexity index is 590. The summed E-state index contributed by atoms with van der Waals surface area (Å²) in [6, 6.07) is 6.57. The number of carbonyl (C=O) groups excluding carboxylic acids is 2. The normalized spacial score (nSPS) is 30.4. The molecule has 0 aliphatic heterocycles. The van der Waals surface area contributed by atoms with Gasteiger partial charge in [0.15, 0.2) is 5.78 Å². The van der Waals surface area contributed by atoms with Gasteiger partial charge in [-0.15, -0.1) is 0 Å². The van der Waals surface area contributed by atoms with Crippen LogP contribution in [-0.2, 0) is 9.53 Å². The van der Waals surface area contributed by atoms with Crippen molar-refractivity contribution < 1.29 is 19.4 Å². The highest BCUT2D eigenvalue weighted by Crippen LogP contribution is 2.47. The summed E-state index contributed by atoms with van der Waals surface area (Å²) in [5.41, 5.74) is 0.347. The number of ether oxygens (including phenoxy) is 1. The largest absolute Gasteiger partial charge is 0.507 e. The van der Waals surface area contributed by atoms with E-state index < -0.39 is 0 Å². The summed E-state index contributed by atoms with van der Waals surface area (Å²) in [6.07, 6.45) is 4.43. The van der Waals surface area contributed by atoms with E-state index in [1.807, 2.05) is 12.2 Å². The first-order valence-electron chi connectivity index (χ1n) is 6.75. The van der Waals surface area contributed by atoms with Gasteiger partial charge in [-0.05, 0) is 18.6 Å². The molecule has 1 N–H and O–H groups in total. The van der Waals surface area contributed by atoms with Crippen LogP contribution in [0.5, 0.6) is 5.75 Å². The van der Waals surface area contributed by atoms with Gasteiger partial charge in [-0.1, -0.05) is 24.3 Å². The molecule has 1 aromatic rings. The second-order valence-corrected chi connectivity index (χ2v) is 5.42. The monoisotopic (exact) mass is 272 g/mol. The van der Waals surface area contributed by atoms with Crippen molar-refractivity contribution in [3.63, 3.8) is 0 Å². The van der Waals surface area contributed by atoms with Crippen molar-refractivity contribution in [2.45, 2.75) is 19.4 Å². The molecule has 4 nitrogen and oxygen atoms in total. The van der Waals surface area contributed by atoms with E-state index in [-0.39, 0.29) is 41.4 Å². The van der Waals surface area contributed by atoms with E-state index in [0.29, 0.717) is 12.0 Å². The number of phenolic OH excluding ortho intramolecular Hbond substituents is 1. The third-order valence-corrected chi connectivity index (χ3v) is 4.18. The van der Waals surface area contributed by atoms with Crippen LogP contribution in [0.4, 0.5) is 0 Å². The van der Waals surface area contributed by atoms with Gasteiger partial charge in [0.2, 0.25) is 0 Å². The summed E-state index contributed by atoms with van der Waals surface area (Å²) in [5, 5.41) is 9.80. The predicted octanol–water partition coefficient (Wildman–Crippen LogP) is 2.33. The van der Waals surface area contributed by atoms with E-state index in [9.17, 15) is 14.7 Å². The average molecular weight is 272 g/mol. The standard InChI is InChI=1S/C16H16O4/c1-9(17)20-16-10-6-7-11(16)13(8-10)15(19)12-4-2-3-5-14(12)18/h2-7,10-11,13,16,18H,8H2,1H3/t10-,11+,13+,16-/m0/s1. The Hall–Kier alpha value is -2.10. The van der Waals surface area contributed by atoms with Crippen LogP contribution >= 0.6 is 0 Å². The molecule has 3 rings (SSSR count). The first kappa shape index (κ1) is 12.9. The van der Waals surface area contributed by atoms with Crippen molar-refractivity contribution in [3.8, 4) is 5.75 Å². The van der Waals surface area contributed by atoms with Gasteiger partial charge in [-0.3, -0.25) is 9.59 Å². The van der Waals surface area contributed by atoms with Crippen molar-refractivity contribution >= 4 is 11.8 Å². The zero-order valence-corrected chi connectivity index (χ0v) is 11.2. The summed E-state index contributed by atoms with van der Waals surface area (Å²) in [4.78, 5) is 23.7. The molecule has 0 aromatic heterocycles. The van der Waals surface area contributed by atoms with Gasteiger partial charge in [-0.2, -0.15) is 0 Å². The number of aromatic hydroxyl groups is 1. The summed E-state index contributed by atoms with van der Waals surface area (Å²) in [5.74, 6) is -0.558. The van der Waals surface area contributed by atoms with Crippen molar-refractivity contribution in [1.29, 1.82) is 0 Å². The van der Waals surface area contributed by atoms with E-state index in [4.69, 9.17) is 4.74 Å². The lowest BCUT2D eigenvalue weighted by atomic mass is 9.86. The molecule has 0 amide bonds. The first-order chi connectivity index (χ1) is 9.58. The highest BCUT2D eigenvalue weighted by Gasteiger charge is 2.49. The molecule has 0 heterocycles. The molecule has 2 aliphatic carbocycles. The summed E-state index contributed by atoms with van der Waals surface area (Å²) in [6.45, 7) is 1.39. The molecule has 4 heteroatoms. The number of esters is 1. The maximum absolute atomic E-state index is 12.6. The minimum absolute atomic E-state index is 0.00768. The van der Waals surface area contributed by atoms with Gasteiger partial charge in [0, 0.05) is 24.7 Å². The van der Waals surface area contributed by atoms with Gasteiger partial charge in [0.25, 0.3) is 0 Å². The third-order valence-electron chi connectivity index (χ3n) is 4.18. The van der Waals surface area contributed by atoms with Crippen LogP contribution in [0.15, 0.2) is 36.4 Å². The molecule has 2 aliphatic rings. The highest BCUT2D eigenvalue weighted by molar-refractivity contribution is 6.00. The second-order valence-electron chi connectivity index (χ2n) is 5.42. The van der Waals surface area contributed by atoms with Crippen LogP contribution in [0.25, 0.3) is 0 Å². The van der Waals surface area contributed by atoms with Crippen molar-refractivity contribution in [2.24, 2.45) is 17.8 Å². The molecule has 0 spiro atoms. The molecule has 2 bridgehead atoms. The number of phenols is 1. The quantitative estimate of drug-likeness (QED) is 0.521. The van der Waals surface area contributed by atoms with Crippen molar-refractivity contribution in [1.82, 2.24) is 0 Å². The number of fused-ring (bicyclic) bond motifs is 2. The first-order valence-corrected chi connectivity index (χ1v) is 6.75. The van der Waals surface area contributed by atoms with Crippen molar-refractivity contribution in [3.05, 3.63) is 42.0 Å². The Morgan fingerprint density at radius 3 is 2.70 bits per heavy atom. The average Bonchev–Trinajstić information content (AvgIpc) is 2.95. The maximum atomic E-state index is 12.6. The van der Waals surface area contributed by atoms with Crippen LogP contribution in [-0.4, -0.2) is 23.0 Å². The lowest BCUT2D eigenvalue weighted by Crippen LogP contribution is -2.26. The molecule has 0 saturated heterocycles. The fourth-order valence-corrected chi connectivity index (χ4v) is 3.32. The van der Waals surface area contributed by atoms with E-state index in [2.05, 4.69) is 0 Å². The highest BCUT2D eigenvalue weighted by atomic mass is 16.5. The Morgan fingerprint density at radius 1 is 1.25 bits per heavy atom. The lowest BCUT2D eigenvalue weighted by molar-refractivity contribution is -0.148.